The van der Waals surface area contributed by atoms with E-state index in [-0.39, 0.29) is 6.03 Å². The Balaban J connectivity index is 1.37. The minimum Gasteiger partial charge on any atom is -0.336 e. The van der Waals surface area contributed by atoms with Crippen molar-refractivity contribution in [1.82, 2.24) is 20.4 Å². The highest BCUT2D eigenvalue weighted by Gasteiger charge is 2.28. The van der Waals surface area contributed by atoms with Gasteiger partial charge in [-0.15, -0.1) is 0 Å². The average molecular weight is 266 g/mol. The van der Waals surface area contributed by atoms with E-state index in [1.165, 1.54) is 45.3 Å². The van der Waals surface area contributed by atoms with Gasteiger partial charge in [-0.2, -0.15) is 0 Å². The number of rotatable bonds is 4. The van der Waals surface area contributed by atoms with Crippen LogP contribution in [0.15, 0.2) is 0 Å². The van der Waals surface area contributed by atoms with Crippen LogP contribution in [0.3, 0.4) is 0 Å². The molecule has 5 nitrogen and oxygen atoms in total. The molecule has 3 saturated heterocycles. The number of nitrogens with zero attached hydrogens (tertiary/aromatic N) is 2. The first-order valence-corrected chi connectivity index (χ1v) is 7.81. The van der Waals surface area contributed by atoms with Gasteiger partial charge in [0.05, 0.1) is 0 Å². The molecule has 19 heavy (non-hydrogen) atoms. The number of amides is 2. The van der Waals surface area contributed by atoms with Crippen LogP contribution in [0.25, 0.3) is 0 Å². The van der Waals surface area contributed by atoms with Gasteiger partial charge in [-0.05, 0) is 51.2 Å². The van der Waals surface area contributed by atoms with Crippen molar-refractivity contribution in [1.29, 1.82) is 0 Å². The lowest BCUT2D eigenvalue weighted by atomic mass is 9.88. The van der Waals surface area contributed by atoms with Gasteiger partial charge in [-0.1, -0.05) is 0 Å². The number of likely N-dealkylation sites (tertiary alicyclic amines) is 1. The molecular formula is C14H26N4O. The maximum atomic E-state index is 11.5. The second-order valence-corrected chi connectivity index (χ2v) is 6.10. The van der Waals surface area contributed by atoms with Gasteiger partial charge in [0, 0.05) is 32.2 Å². The van der Waals surface area contributed by atoms with E-state index < -0.39 is 0 Å². The number of carbonyl (C=O) groups excluding carboxylic acids is 1. The van der Waals surface area contributed by atoms with E-state index in [0.29, 0.717) is 0 Å². The van der Waals surface area contributed by atoms with Crippen molar-refractivity contribution in [2.45, 2.75) is 31.7 Å². The van der Waals surface area contributed by atoms with Crippen LogP contribution in [0, 0.1) is 5.92 Å². The highest BCUT2D eigenvalue weighted by molar-refractivity contribution is 5.76. The number of nitrogens with one attached hydrogen (secondary N) is 2. The smallest absolute Gasteiger partial charge is 0.317 e. The minimum absolute atomic E-state index is 0.116. The van der Waals surface area contributed by atoms with E-state index in [1.54, 1.807) is 0 Å². The Hall–Kier alpha value is -0.810. The first kappa shape index (κ1) is 13.2. The number of urea groups is 1. The number of carbonyl (C=O) groups is 1. The Kier molecular flexibility index (Phi) is 4.23. The lowest BCUT2D eigenvalue weighted by Crippen LogP contribution is -2.44. The Morgan fingerprint density at radius 1 is 1.05 bits per heavy atom. The third kappa shape index (κ3) is 3.20. The molecule has 2 amide bonds. The first-order chi connectivity index (χ1) is 9.33. The largest absolute Gasteiger partial charge is 0.336 e. The number of hydrogen-bond donors (Lipinski definition) is 2. The van der Waals surface area contributed by atoms with Gasteiger partial charge in [0.1, 0.15) is 0 Å². The summed E-state index contributed by atoms with van der Waals surface area (Å²) in [6.45, 7) is 7.25. The van der Waals surface area contributed by atoms with E-state index in [1.807, 2.05) is 4.90 Å². The molecule has 0 aromatic heterocycles. The highest BCUT2D eigenvalue weighted by atomic mass is 16.2. The molecule has 0 spiro atoms. The zero-order valence-corrected chi connectivity index (χ0v) is 11.7. The van der Waals surface area contributed by atoms with Crippen molar-refractivity contribution in [2.75, 3.05) is 45.8 Å². The predicted octanol–water partition coefficient (Wildman–Crippen LogP) is 0.476. The van der Waals surface area contributed by atoms with Crippen LogP contribution in [-0.4, -0.2) is 67.7 Å². The topological polar surface area (TPSA) is 47.6 Å². The van der Waals surface area contributed by atoms with Crippen LogP contribution < -0.4 is 10.6 Å². The van der Waals surface area contributed by atoms with Gasteiger partial charge in [0.2, 0.25) is 0 Å². The molecule has 108 valence electrons. The standard InChI is InChI=1S/C14H26N4O/c19-14-16-6-9-18(14)11-10-17-7-3-12(4-8-17)13-2-1-5-15-13/h12-13,15H,1-11H2,(H,16,19). The summed E-state index contributed by atoms with van der Waals surface area (Å²) in [5, 5.41) is 6.51. The van der Waals surface area contributed by atoms with Crippen molar-refractivity contribution in [3.05, 3.63) is 0 Å². The second kappa shape index (κ2) is 6.09. The van der Waals surface area contributed by atoms with Gasteiger partial charge >= 0.3 is 6.03 Å². The summed E-state index contributed by atoms with van der Waals surface area (Å²) in [6, 6.07) is 0.900. The monoisotopic (exact) mass is 266 g/mol. The molecular weight excluding hydrogens is 240 g/mol. The summed E-state index contributed by atoms with van der Waals surface area (Å²) in [6.07, 6.45) is 5.38. The van der Waals surface area contributed by atoms with E-state index in [4.69, 9.17) is 0 Å². The fourth-order valence-electron chi connectivity index (χ4n) is 3.68. The van der Waals surface area contributed by atoms with Crippen molar-refractivity contribution >= 4 is 6.03 Å². The molecule has 1 unspecified atom stereocenters. The van der Waals surface area contributed by atoms with Gasteiger partial charge in [0.15, 0.2) is 0 Å². The molecule has 3 fully saturated rings. The lowest BCUT2D eigenvalue weighted by molar-refractivity contribution is 0.150. The van der Waals surface area contributed by atoms with Crippen LogP contribution in [0.1, 0.15) is 25.7 Å². The SMILES string of the molecule is O=C1NCCN1CCN1CCC(C2CCCN2)CC1. The maximum absolute atomic E-state index is 11.5. The van der Waals surface area contributed by atoms with Gasteiger partial charge in [-0.3, -0.25) is 0 Å². The molecule has 0 bridgehead atoms. The van der Waals surface area contributed by atoms with E-state index >= 15 is 0 Å². The summed E-state index contributed by atoms with van der Waals surface area (Å²) in [7, 11) is 0. The van der Waals surface area contributed by atoms with Crippen LogP contribution in [0.4, 0.5) is 4.79 Å². The molecule has 0 aromatic carbocycles. The Morgan fingerprint density at radius 3 is 2.53 bits per heavy atom. The summed E-state index contributed by atoms with van der Waals surface area (Å²) in [5.74, 6) is 0.883. The summed E-state index contributed by atoms with van der Waals surface area (Å²) >= 11 is 0. The summed E-state index contributed by atoms with van der Waals surface area (Å²) in [4.78, 5) is 15.9. The predicted molar refractivity (Wildman–Crippen MR) is 75.2 cm³/mol. The van der Waals surface area contributed by atoms with Crippen molar-refractivity contribution in [3.8, 4) is 0 Å². The quantitative estimate of drug-likeness (QED) is 0.778. The van der Waals surface area contributed by atoms with E-state index in [2.05, 4.69) is 15.5 Å². The molecule has 3 aliphatic rings. The Morgan fingerprint density at radius 2 is 1.89 bits per heavy atom. The Bertz CT molecular complexity index is 309. The van der Waals surface area contributed by atoms with Crippen LogP contribution in [0.5, 0.6) is 0 Å². The minimum atomic E-state index is 0.116. The van der Waals surface area contributed by atoms with Crippen LogP contribution in [0.2, 0.25) is 0 Å². The van der Waals surface area contributed by atoms with E-state index in [0.717, 1.165) is 38.1 Å². The average Bonchev–Trinajstić information content (AvgIpc) is 3.09. The van der Waals surface area contributed by atoms with Crippen molar-refractivity contribution in [3.63, 3.8) is 0 Å². The molecule has 3 aliphatic heterocycles. The Labute approximate surface area is 115 Å². The second-order valence-electron chi connectivity index (χ2n) is 6.10. The lowest BCUT2D eigenvalue weighted by Gasteiger charge is -2.35. The van der Waals surface area contributed by atoms with Crippen molar-refractivity contribution in [2.24, 2.45) is 5.92 Å². The number of piperidine rings is 1. The third-order valence-electron chi connectivity index (χ3n) is 4.93. The van der Waals surface area contributed by atoms with Crippen LogP contribution in [-0.2, 0) is 0 Å². The molecule has 0 aliphatic carbocycles. The van der Waals surface area contributed by atoms with Crippen molar-refractivity contribution < 1.29 is 4.79 Å². The third-order valence-corrected chi connectivity index (χ3v) is 4.93. The fraction of sp³-hybridized carbons (Fsp3) is 0.929. The summed E-state index contributed by atoms with van der Waals surface area (Å²) < 4.78 is 0. The zero-order valence-electron chi connectivity index (χ0n) is 11.7. The zero-order chi connectivity index (χ0) is 13.1. The highest BCUT2D eigenvalue weighted by Crippen LogP contribution is 2.25. The maximum Gasteiger partial charge on any atom is 0.317 e. The number of hydrogen-bond acceptors (Lipinski definition) is 3. The molecule has 1 atom stereocenters. The summed E-state index contributed by atoms with van der Waals surface area (Å²) in [5.41, 5.74) is 0. The molecule has 3 heterocycles. The molecule has 0 saturated carbocycles. The molecule has 0 aromatic rings. The normalized spacial score (nSPS) is 30.0. The van der Waals surface area contributed by atoms with Gasteiger partial charge in [-0.25, -0.2) is 4.79 Å². The molecule has 0 radical (unpaired) electrons. The van der Waals surface area contributed by atoms with Gasteiger partial charge < -0.3 is 20.4 Å². The fourth-order valence-corrected chi connectivity index (χ4v) is 3.68. The molecule has 2 N–H and O–H groups in total. The molecule has 5 heteroatoms. The van der Waals surface area contributed by atoms with Gasteiger partial charge in [0.25, 0.3) is 0 Å². The first-order valence-electron chi connectivity index (χ1n) is 7.81. The van der Waals surface area contributed by atoms with E-state index in [9.17, 15) is 4.79 Å². The van der Waals surface area contributed by atoms with Crippen LogP contribution >= 0.6 is 0 Å². The molecule has 3 rings (SSSR count).